The molecule has 2 N–H and O–H groups in total. The zero-order valence-electron chi connectivity index (χ0n) is 13.5. The van der Waals surface area contributed by atoms with Crippen molar-refractivity contribution in [2.75, 3.05) is 0 Å². The van der Waals surface area contributed by atoms with Crippen LogP contribution in [-0.4, -0.2) is 28.2 Å². The van der Waals surface area contributed by atoms with Gasteiger partial charge in [0.15, 0.2) is 0 Å². The summed E-state index contributed by atoms with van der Waals surface area (Å²) in [6.07, 6.45) is 9.28. The molecule has 0 bridgehead atoms. The lowest BCUT2D eigenvalue weighted by Crippen LogP contribution is -2.54. The van der Waals surface area contributed by atoms with Gasteiger partial charge in [-0.3, -0.25) is 4.79 Å². The highest BCUT2D eigenvalue weighted by Gasteiger charge is 2.60. The van der Waals surface area contributed by atoms with E-state index < -0.39 is 6.10 Å². The molecular formula is C19H26O3. The number of carbonyl (C=O) groups excluding carboxylic acids is 1. The van der Waals surface area contributed by atoms with Crippen LogP contribution in [0.15, 0.2) is 23.8 Å². The van der Waals surface area contributed by atoms with Crippen molar-refractivity contribution < 1.29 is 15.0 Å². The third-order valence-electron chi connectivity index (χ3n) is 7.39. The highest BCUT2D eigenvalue weighted by molar-refractivity contribution is 5.87. The Hall–Kier alpha value is -0.930. The summed E-state index contributed by atoms with van der Waals surface area (Å²) >= 11 is 0. The van der Waals surface area contributed by atoms with Crippen LogP contribution in [0.25, 0.3) is 0 Å². The van der Waals surface area contributed by atoms with Gasteiger partial charge in [-0.2, -0.15) is 0 Å². The summed E-state index contributed by atoms with van der Waals surface area (Å²) in [5.74, 6) is 1.33. The first-order valence-corrected chi connectivity index (χ1v) is 8.66. The van der Waals surface area contributed by atoms with Crippen LogP contribution in [0.5, 0.6) is 0 Å². The van der Waals surface area contributed by atoms with Gasteiger partial charge in [0, 0.05) is 17.3 Å². The monoisotopic (exact) mass is 302 g/mol. The fraction of sp³-hybridized carbons (Fsp3) is 0.737. The number of rotatable bonds is 0. The van der Waals surface area contributed by atoms with Gasteiger partial charge >= 0.3 is 0 Å². The van der Waals surface area contributed by atoms with E-state index in [0.717, 1.165) is 19.3 Å². The molecule has 120 valence electrons. The van der Waals surface area contributed by atoms with Crippen molar-refractivity contribution in [3.8, 4) is 0 Å². The van der Waals surface area contributed by atoms with Crippen LogP contribution in [0.1, 0.15) is 46.0 Å². The molecule has 3 fully saturated rings. The standard InChI is InChI=1S/C19H26O3/c1-18-7-5-12(20)9-11(18)10-15(21)17-13-3-4-16(22)19(13,2)8-6-14(17)18/h5,7,9,12-15,17,20-21H,3-4,6,8,10H2,1-2H3/t12?,13-,14+,15?,17-,18-,19-/m0/s1. The fourth-order valence-electron chi connectivity index (χ4n) is 6.06. The number of fused-ring (bicyclic) bond motifs is 5. The van der Waals surface area contributed by atoms with Crippen LogP contribution < -0.4 is 0 Å². The predicted molar refractivity (Wildman–Crippen MR) is 84.0 cm³/mol. The van der Waals surface area contributed by atoms with Crippen LogP contribution in [0.3, 0.4) is 0 Å². The van der Waals surface area contributed by atoms with E-state index in [1.54, 1.807) is 0 Å². The van der Waals surface area contributed by atoms with E-state index in [9.17, 15) is 15.0 Å². The topological polar surface area (TPSA) is 57.5 Å². The van der Waals surface area contributed by atoms with Gasteiger partial charge in [0.2, 0.25) is 0 Å². The van der Waals surface area contributed by atoms with Crippen molar-refractivity contribution in [3.63, 3.8) is 0 Å². The summed E-state index contributed by atoms with van der Waals surface area (Å²) < 4.78 is 0. The average Bonchev–Trinajstić information content (AvgIpc) is 2.77. The van der Waals surface area contributed by atoms with Crippen molar-refractivity contribution >= 4 is 5.78 Å². The van der Waals surface area contributed by atoms with Gasteiger partial charge < -0.3 is 10.2 Å². The Kier molecular flexibility index (Phi) is 3.03. The predicted octanol–water partition coefficient (Wildman–Crippen LogP) is 2.63. The molecule has 4 aliphatic rings. The third kappa shape index (κ3) is 1.73. The molecule has 0 spiro atoms. The first-order chi connectivity index (χ1) is 10.4. The van der Waals surface area contributed by atoms with E-state index in [-0.39, 0.29) is 22.9 Å². The molecule has 0 aromatic heterocycles. The molecule has 0 radical (unpaired) electrons. The fourth-order valence-corrected chi connectivity index (χ4v) is 6.06. The number of Topliss-reactive ketones (excluding diaryl/α,β-unsaturated/α-hetero) is 1. The maximum atomic E-state index is 12.4. The van der Waals surface area contributed by atoms with Gasteiger partial charge in [-0.25, -0.2) is 0 Å². The van der Waals surface area contributed by atoms with Crippen LogP contribution in [0, 0.1) is 28.6 Å². The first kappa shape index (κ1) is 14.6. The summed E-state index contributed by atoms with van der Waals surface area (Å²) in [5.41, 5.74) is 0.914. The minimum absolute atomic E-state index is 0.0594. The molecule has 2 unspecified atom stereocenters. The summed E-state index contributed by atoms with van der Waals surface area (Å²) in [7, 11) is 0. The first-order valence-electron chi connectivity index (χ1n) is 8.66. The van der Waals surface area contributed by atoms with Gasteiger partial charge in [-0.15, -0.1) is 0 Å². The maximum absolute atomic E-state index is 12.4. The average molecular weight is 302 g/mol. The normalized spacial score (nSPS) is 53.5. The largest absolute Gasteiger partial charge is 0.392 e. The van der Waals surface area contributed by atoms with Crippen LogP contribution in [0.2, 0.25) is 0 Å². The molecule has 3 saturated carbocycles. The Morgan fingerprint density at radius 3 is 2.73 bits per heavy atom. The van der Waals surface area contributed by atoms with E-state index in [1.807, 2.05) is 12.2 Å². The second kappa shape index (κ2) is 4.55. The highest BCUT2D eigenvalue weighted by Crippen LogP contribution is 2.63. The molecular weight excluding hydrogens is 276 g/mol. The van der Waals surface area contributed by atoms with Crippen molar-refractivity contribution in [1.29, 1.82) is 0 Å². The molecule has 4 aliphatic carbocycles. The maximum Gasteiger partial charge on any atom is 0.139 e. The van der Waals surface area contributed by atoms with E-state index in [1.165, 1.54) is 5.57 Å². The number of ketones is 1. The zero-order chi connectivity index (χ0) is 15.7. The number of hydrogen-bond acceptors (Lipinski definition) is 3. The Morgan fingerprint density at radius 2 is 1.95 bits per heavy atom. The molecule has 0 heterocycles. The number of aliphatic hydroxyl groups excluding tert-OH is 2. The summed E-state index contributed by atoms with van der Waals surface area (Å²) in [5, 5.41) is 20.7. The SMILES string of the molecule is C[C@]12C=CC(O)C=C1CC(O)[C@@H]1[C@H]2CC[C@]2(C)C(=O)CC[C@@H]12. The summed E-state index contributed by atoms with van der Waals surface area (Å²) in [6.45, 7) is 4.38. The zero-order valence-corrected chi connectivity index (χ0v) is 13.5. The van der Waals surface area contributed by atoms with Crippen LogP contribution in [0.4, 0.5) is 0 Å². The van der Waals surface area contributed by atoms with E-state index >= 15 is 0 Å². The lowest BCUT2D eigenvalue weighted by atomic mass is 9.48. The number of aliphatic hydroxyl groups is 2. The molecule has 0 aromatic rings. The minimum atomic E-state index is -0.520. The lowest BCUT2D eigenvalue weighted by molar-refractivity contribution is -0.136. The van der Waals surface area contributed by atoms with E-state index in [4.69, 9.17) is 0 Å². The van der Waals surface area contributed by atoms with Gasteiger partial charge in [0.1, 0.15) is 5.78 Å². The van der Waals surface area contributed by atoms with Crippen molar-refractivity contribution in [3.05, 3.63) is 23.8 Å². The Balaban J connectivity index is 1.75. The molecule has 0 amide bonds. The molecule has 3 nitrogen and oxygen atoms in total. The van der Waals surface area contributed by atoms with Crippen molar-refractivity contribution in [2.24, 2.45) is 28.6 Å². The van der Waals surface area contributed by atoms with Crippen LogP contribution >= 0.6 is 0 Å². The lowest BCUT2D eigenvalue weighted by Gasteiger charge is -2.57. The van der Waals surface area contributed by atoms with Gasteiger partial charge in [0.25, 0.3) is 0 Å². The van der Waals surface area contributed by atoms with Crippen molar-refractivity contribution in [2.45, 2.75) is 58.2 Å². The summed E-state index contributed by atoms with van der Waals surface area (Å²) in [4.78, 5) is 12.4. The highest BCUT2D eigenvalue weighted by atomic mass is 16.3. The third-order valence-corrected chi connectivity index (χ3v) is 7.39. The second-order valence-corrected chi connectivity index (χ2v) is 8.30. The second-order valence-electron chi connectivity index (χ2n) is 8.30. The quantitative estimate of drug-likeness (QED) is 0.676. The number of carbonyl (C=O) groups is 1. The number of allylic oxidation sites excluding steroid dienone is 1. The molecule has 0 aromatic carbocycles. The number of hydrogen-bond donors (Lipinski definition) is 2. The molecule has 22 heavy (non-hydrogen) atoms. The Morgan fingerprint density at radius 1 is 1.18 bits per heavy atom. The van der Waals surface area contributed by atoms with Gasteiger partial charge in [-0.05, 0) is 43.4 Å². The Bertz CT molecular complexity index is 577. The Labute approximate surface area is 132 Å². The molecule has 7 atom stereocenters. The molecule has 3 heteroatoms. The minimum Gasteiger partial charge on any atom is -0.392 e. The van der Waals surface area contributed by atoms with Gasteiger partial charge in [-0.1, -0.05) is 37.6 Å². The smallest absolute Gasteiger partial charge is 0.139 e. The molecule has 4 rings (SSSR count). The van der Waals surface area contributed by atoms with E-state index in [0.29, 0.717) is 30.5 Å². The van der Waals surface area contributed by atoms with Crippen molar-refractivity contribution in [1.82, 2.24) is 0 Å². The summed E-state index contributed by atoms with van der Waals surface area (Å²) in [6, 6.07) is 0. The molecule has 0 aliphatic heterocycles. The van der Waals surface area contributed by atoms with E-state index in [2.05, 4.69) is 19.9 Å². The van der Waals surface area contributed by atoms with Crippen LogP contribution in [-0.2, 0) is 4.79 Å². The van der Waals surface area contributed by atoms with Gasteiger partial charge in [0.05, 0.1) is 12.2 Å². The molecule has 0 saturated heterocycles.